The molecular formula is C8H11O8PS2. The second kappa shape index (κ2) is 5.31. The Labute approximate surface area is 109 Å². The maximum Gasteiger partial charge on any atom is 0.326 e. The number of hydrogen-bond acceptors (Lipinski definition) is 5. The van der Waals surface area contributed by atoms with Crippen molar-refractivity contribution in [1.29, 1.82) is 0 Å². The zero-order valence-electron chi connectivity index (χ0n) is 9.37. The zero-order valence-corrected chi connectivity index (χ0v) is 11.9. The third kappa shape index (κ3) is 5.01. The summed E-state index contributed by atoms with van der Waals surface area (Å²) in [6.45, 7) is 0. The Morgan fingerprint density at radius 2 is 1.58 bits per heavy atom. The fourth-order valence-corrected chi connectivity index (χ4v) is 4.53. The van der Waals surface area contributed by atoms with Crippen LogP contribution in [0.15, 0.2) is 34.1 Å². The van der Waals surface area contributed by atoms with Gasteiger partial charge < -0.3 is 9.79 Å². The molecule has 0 saturated carbocycles. The Hall–Kier alpha value is -0.770. The Morgan fingerprint density at radius 3 is 2.05 bits per heavy atom. The summed E-state index contributed by atoms with van der Waals surface area (Å²) in [5, 5.41) is 0. The normalized spacial score (nSPS) is 13.4. The first-order chi connectivity index (χ1) is 8.42. The molecule has 3 N–H and O–H groups in total. The summed E-state index contributed by atoms with van der Waals surface area (Å²) in [5.74, 6) is -0.827. The van der Waals surface area contributed by atoms with Crippen molar-refractivity contribution in [2.75, 3.05) is 11.9 Å². The van der Waals surface area contributed by atoms with E-state index in [9.17, 15) is 21.4 Å². The Kier molecular flexibility index (Phi) is 4.55. The number of benzene rings is 1. The number of hydrogen-bond donors (Lipinski definition) is 3. The molecule has 1 aromatic carbocycles. The molecule has 0 heterocycles. The van der Waals surface area contributed by atoms with Gasteiger partial charge in [0.05, 0.1) is 21.7 Å². The lowest BCUT2D eigenvalue weighted by Gasteiger charge is -2.06. The smallest absolute Gasteiger partial charge is 0.324 e. The van der Waals surface area contributed by atoms with Gasteiger partial charge in [-0.15, -0.1) is 0 Å². The second-order valence-corrected chi connectivity index (χ2v) is 8.96. The van der Waals surface area contributed by atoms with Crippen molar-refractivity contribution in [3.8, 4) is 0 Å². The molecule has 0 spiro atoms. The van der Waals surface area contributed by atoms with Gasteiger partial charge in [-0.1, -0.05) is 6.07 Å². The Bertz CT molecular complexity index is 715. The van der Waals surface area contributed by atoms with Gasteiger partial charge in [-0.25, -0.2) is 8.42 Å². The van der Waals surface area contributed by atoms with Crippen LogP contribution in [0.4, 0.5) is 0 Å². The molecule has 0 amide bonds. The Morgan fingerprint density at radius 1 is 1.05 bits per heavy atom. The molecule has 0 aliphatic rings. The van der Waals surface area contributed by atoms with Crippen molar-refractivity contribution in [3.63, 3.8) is 0 Å². The molecule has 0 atom stereocenters. The standard InChI is InChI=1S/C8H11O8PS2/c9-17(10,11)4-5-18(12,13)7-2-1-3-8(6-7)19(14,15)16/h1-3,6H,4-5H2,(H2,9,10,11)(H,14,15,16). The average Bonchev–Trinajstić information content (AvgIpc) is 2.25. The van der Waals surface area contributed by atoms with Gasteiger partial charge in [-0.2, -0.15) is 8.42 Å². The van der Waals surface area contributed by atoms with E-state index in [0.717, 1.165) is 24.3 Å². The lowest BCUT2D eigenvalue weighted by Crippen LogP contribution is -2.11. The van der Waals surface area contributed by atoms with Crippen molar-refractivity contribution in [2.24, 2.45) is 0 Å². The highest BCUT2D eigenvalue weighted by Crippen LogP contribution is 2.34. The first-order valence-corrected chi connectivity index (χ1v) is 9.66. The van der Waals surface area contributed by atoms with Crippen LogP contribution in [-0.4, -0.2) is 43.1 Å². The average molecular weight is 330 g/mol. The molecule has 0 aliphatic heterocycles. The van der Waals surface area contributed by atoms with Crippen molar-refractivity contribution in [3.05, 3.63) is 24.3 Å². The highest BCUT2D eigenvalue weighted by Gasteiger charge is 2.22. The molecule has 0 fully saturated rings. The molecule has 0 saturated heterocycles. The van der Waals surface area contributed by atoms with Gasteiger partial charge in [0, 0.05) is 0 Å². The van der Waals surface area contributed by atoms with Crippen molar-refractivity contribution in [1.82, 2.24) is 0 Å². The van der Waals surface area contributed by atoms with Gasteiger partial charge in [0.25, 0.3) is 10.1 Å². The molecule has 0 aliphatic carbocycles. The molecule has 0 radical (unpaired) electrons. The predicted octanol–water partition coefficient (Wildman–Crippen LogP) is -0.115. The van der Waals surface area contributed by atoms with Crippen molar-refractivity contribution >= 4 is 27.6 Å². The fraction of sp³-hybridized carbons (Fsp3) is 0.250. The van der Waals surface area contributed by atoms with Crippen LogP contribution >= 0.6 is 7.60 Å². The predicted molar refractivity (Wildman–Crippen MR) is 65.2 cm³/mol. The van der Waals surface area contributed by atoms with Crippen LogP contribution in [-0.2, 0) is 24.5 Å². The van der Waals surface area contributed by atoms with Gasteiger partial charge in [0.1, 0.15) is 0 Å². The van der Waals surface area contributed by atoms with Crippen LogP contribution in [0.2, 0.25) is 0 Å². The van der Waals surface area contributed by atoms with E-state index in [1.54, 1.807) is 0 Å². The monoisotopic (exact) mass is 330 g/mol. The van der Waals surface area contributed by atoms with Crippen molar-refractivity contribution in [2.45, 2.75) is 9.79 Å². The lowest BCUT2D eigenvalue weighted by molar-refractivity contribution is 0.374. The summed E-state index contributed by atoms with van der Waals surface area (Å²) in [6, 6.07) is 3.90. The minimum atomic E-state index is -4.55. The molecule has 1 rings (SSSR count). The van der Waals surface area contributed by atoms with E-state index >= 15 is 0 Å². The molecule has 0 unspecified atom stereocenters. The zero-order chi connectivity index (χ0) is 14.9. The molecule has 0 aromatic heterocycles. The van der Waals surface area contributed by atoms with E-state index in [2.05, 4.69) is 0 Å². The summed E-state index contributed by atoms with van der Waals surface area (Å²) in [7, 11) is -13.1. The van der Waals surface area contributed by atoms with E-state index in [-0.39, 0.29) is 0 Å². The summed E-state index contributed by atoms with van der Waals surface area (Å²) < 4.78 is 64.6. The third-order valence-electron chi connectivity index (χ3n) is 2.11. The number of sulfone groups is 1. The van der Waals surface area contributed by atoms with Crippen LogP contribution < -0.4 is 0 Å². The molecule has 108 valence electrons. The van der Waals surface area contributed by atoms with Gasteiger partial charge in [-0.05, 0) is 18.2 Å². The van der Waals surface area contributed by atoms with Crippen molar-refractivity contribution < 1.29 is 35.7 Å². The van der Waals surface area contributed by atoms with Gasteiger partial charge in [0.15, 0.2) is 9.84 Å². The van der Waals surface area contributed by atoms with E-state index in [1.165, 1.54) is 0 Å². The quantitative estimate of drug-likeness (QED) is 0.500. The lowest BCUT2D eigenvalue weighted by atomic mass is 10.4. The summed E-state index contributed by atoms with van der Waals surface area (Å²) in [6.07, 6.45) is -0.870. The minimum Gasteiger partial charge on any atom is -0.324 e. The van der Waals surface area contributed by atoms with Gasteiger partial charge in [0.2, 0.25) is 0 Å². The second-order valence-electron chi connectivity index (χ2n) is 3.66. The highest BCUT2D eigenvalue weighted by molar-refractivity contribution is 7.91. The van der Waals surface area contributed by atoms with Crippen LogP contribution in [0.3, 0.4) is 0 Å². The summed E-state index contributed by atoms with van der Waals surface area (Å²) in [5.41, 5.74) is 0. The topological polar surface area (TPSA) is 146 Å². The molecule has 19 heavy (non-hydrogen) atoms. The Balaban J connectivity index is 3.13. The molecule has 0 bridgehead atoms. The van der Waals surface area contributed by atoms with Crippen LogP contribution in [0.25, 0.3) is 0 Å². The SMILES string of the molecule is O=P(O)(O)CCS(=O)(=O)c1cccc(S(=O)(=O)O)c1. The highest BCUT2D eigenvalue weighted by atomic mass is 32.2. The van der Waals surface area contributed by atoms with E-state index in [4.69, 9.17) is 14.3 Å². The van der Waals surface area contributed by atoms with Crippen LogP contribution in [0, 0.1) is 0 Å². The van der Waals surface area contributed by atoms with E-state index in [1.807, 2.05) is 0 Å². The molecule has 11 heteroatoms. The summed E-state index contributed by atoms with van der Waals surface area (Å²) >= 11 is 0. The maximum atomic E-state index is 11.7. The molecule has 8 nitrogen and oxygen atoms in total. The summed E-state index contributed by atoms with van der Waals surface area (Å²) in [4.78, 5) is 16.2. The maximum absolute atomic E-state index is 11.7. The van der Waals surface area contributed by atoms with E-state index in [0.29, 0.717) is 0 Å². The van der Waals surface area contributed by atoms with Crippen LogP contribution in [0.5, 0.6) is 0 Å². The third-order valence-corrected chi connectivity index (χ3v) is 5.79. The molecule has 1 aromatic rings. The first kappa shape index (κ1) is 16.3. The number of rotatable bonds is 5. The fourth-order valence-electron chi connectivity index (χ4n) is 1.19. The molecular weight excluding hydrogens is 319 g/mol. The van der Waals surface area contributed by atoms with Gasteiger partial charge in [-0.3, -0.25) is 9.12 Å². The first-order valence-electron chi connectivity index (χ1n) is 4.77. The van der Waals surface area contributed by atoms with Crippen LogP contribution in [0.1, 0.15) is 0 Å². The largest absolute Gasteiger partial charge is 0.326 e. The van der Waals surface area contributed by atoms with Gasteiger partial charge >= 0.3 is 7.60 Å². The van der Waals surface area contributed by atoms with E-state index < -0.39 is 49.3 Å². The minimum absolute atomic E-state index is 0.434.